The van der Waals surface area contributed by atoms with Crippen molar-refractivity contribution in [2.45, 2.75) is 75.3 Å². The number of benzene rings is 3. The molecule has 6 aliphatic heterocycles. The Bertz CT molecular complexity index is 2970. The number of aromatic amines is 1. The highest BCUT2D eigenvalue weighted by Crippen LogP contribution is 2.44. The number of hydrogen-bond donors (Lipinski definition) is 3. The first-order chi connectivity index (χ1) is 32.2. The first-order valence-electron chi connectivity index (χ1n) is 22.8. The van der Waals surface area contributed by atoms with Crippen molar-refractivity contribution in [3.63, 3.8) is 0 Å². The Morgan fingerprint density at radius 1 is 0.866 bits per heavy atom. The smallest absolute Gasteiger partial charge is 0.301 e. The van der Waals surface area contributed by atoms with Crippen LogP contribution in [0.3, 0.4) is 0 Å². The molecule has 3 N–H and O–H groups in total. The Morgan fingerprint density at radius 3 is 2.39 bits per heavy atom. The number of nitrogens with zero attached hydrogens (tertiary/aromatic N) is 6. The second-order valence-electron chi connectivity index (χ2n) is 18.7. The highest BCUT2D eigenvalue weighted by Gasteiger charge is 2.52. The third-order valence-electron chi connectivity index (χ3n) is 14.7. The zero-order chi connectivity index (χ0) is 46.4. The number of likely N-dealkylation sites (tertiary alicyclic amines) is 1. The summed E-state index contributed by atoms with van der Waals surface area (Å²) in [7, 11) is -4.36. The molecule has 0 radical (unpaired) electrons. The molecule has 5 saturated heterocycles. The number of nitrogens with one attached hydrogen (secondary N) is 3. The van der Waals surface area contributed by atoms with Crippen LogP contribution in [0.1, 0.15) is 76.8 Å². The van der Waals surface area contributed by atoms with E-state index in [0.717, 1.165) is 97.3 Å². The summed E-state index contributed by atoms with van der Waals surface area (Å²) in [5, 5.41) is 2.70. The van der Waals surface area contributed by atoms with Crippen LogP contribution in [-0.2, 0) is 26.3 Å². The predicted octanol–water partition coefficient (Wildman–Crippen LogP) is 5.52. The van der Waals surface area contributed by atoms with Crippen LogP contribution in [-0.4, -0.2) is 126 Å². The molecule has 5 fully saturated rings. The molecule has 0 aliphatic carbocycles. The van der Waals surface area contributed by atoms with Gasteiger partial charge in [0.15, 0.2) is 5.82 Å². The summed E-state index contributed by atoms with van der Waals surface area (Å²) in [6.45, 7) is 4.59. The molecule has 3 amide bonds. The Kier molecular flexibility index (Phi) is 10.6. The Morgan fingerprint density at radius 2 is 1.64 bits per heavy atom. The van der Waals surface area contributed by atoms with Gasteiger partial charge in [0.1, 0.15) is 23.7 Å². The van der Waals surface area contributed by atoms with E-state index in [1.165, 1.54) is 6.20 Å². The van der Waals surface area contributed by atoms with Gasteiger partial charge in [-0.1, -0.05) is 12.1 Å². The predicted molar refractivity (Wildman–Crippen MR) is 244 cm³/mol. The molecule has 19 heteroatoms. The van der Waals surface area contributed by atoms with Gasteiger partial charge >= 0.3 is 10.2 Å². The maximum absolute atomic E-state index is 15.8. The fourth-order valence-electron chi connectivity index (χ4n) is 11.2. The number of aromatic nitrogens is 2. The SMILES string of the molecule is O=C1CCC(N2Cc3cc(N4CCC(N5CCCC56CN(c5ccc(-c7cnc8[nH]cc(C(=O)c9c(F)ccc(NS(=O)(=O)N%10CC[C@@H](F)C%10)c9F)c8c7)cc5)C6)CC4)ccc3C2=O)C(=O)N1. The number of carbonyl (C=O) groups excluding carboxylic acids is 4. The third-order valence-corrected chi connectivity index (χ3v) is 16.2. The van der Waals surface area contributed by atoms with Crippen molar-refractivity contribution in [1.82, 2.24) is 29.4 Å². The van der Waals surface area contributed by atoms with Crippen molar-refractivity contribution >= 4 is 61.8 Å². The average Bonchev–Trinajstić information content (AvgIpc) is 4.12. The number of anilines is 3. The van der Waals surface area contributed by atoms with E-state index in [2.05, 4.69) is 48.2 Å². The summed E-state index contributed by atoms with van der Waals surface area (Å²) in [6.07, 6.45) is 6.54. The van der Waals surface area contributed by atoms with Gasteiger partial charge in [-0.3, -0.25) is 34.1 Å². The van der Waals surface area contributed by atoms with E-state index in [-0.39, 0.29) is 48.8 Å². The summed E-state index contributed by atoms with van der Waals surface area (Å²) >= 11 is 0. The number of pyridine rings is 1. The standard InChI is InChI=1S/C48H48F3N9O6S/c49-31-12-19-58(25-31)67(65,66)55-39-9-8-38(50)42(43(39)51)44(62)37-23-53-45-36(37)21-29(22-52-45)28-2-4-32(5-3-28)57-26-48(27-57)15-1-16-60(48)33-13-17-56(18-14-33)34-6-7-35-30(20-34)24-59(47(35)64)40-10-11-41(61)54-46(40)63/h2-9,20-23,31,33,40,55H,1,10-19,24-27H2,(H,52,53)(H,54,61,63)/t31-,40?/m1/s1. The van der Waals surface area contributed by atoms with Gasteiger partial charge in [-0.15, -0.1) is 0 Å². The number of halogens is 3. The normalized spacial score (nSPS) is 22.5. The van der Waals surface area contributed by atoms with Crippen LogP contribution in [0.25, 0.3) is 22.2 Å². The van der Waals surface area contributed by atoms with Gasteiger partial charge in [-0.05, 0) is 105 Å². The van der Waals surface area contributed by atoms with Gasteiger partial charge < -0.3 is 19.7 Å². The lowest BCUT2D eigenvalue weighted by atomic mass is 9.84. The molecule has 8 heterocycles. The lowest BCUT2D eigenvalue weighted by molar-refractivity contribution is -0.136. The fourth-order valence-corrected chi connectivity index (χ4v) is 12.5. The van der Waals surface area contributed by atoms with Crippen molar-refractivity contribution in [3.8, 4) is 11.1 Å². The van der Waals surface area contributed by atoms with Crippen molar-refractivity contribution in [1.29, 1.82) is 0 Å². The number of piperidine rings is 2. The number of carbonyl (C=O) groups is 4. The minimum Gasteiger partial charge on any atom is -0.371 e. The van der Waals surface area contributed by atoms with E-state index >= 15 is 8.78 Å². The van der Waals surface area contributed by atoms with E-state index < -0.39 is 57.0 Å². The van der Waals surface area contributed by atoms with Crippen LogP contribution in [0.15, 0.2) is 73.1 Å². The van der Waals surface area contributed by atoms with Gasteiger partial charge in [-0.25, -0.2) is 18.2 Å². The first-order valence-corrected chi connectivity index (χ1v) is 24.3. The summed E-state index contributed by atoms with van der Waals surface area (Å²) in [5.41, 5.74) is 4.05. The summed E-state index contributed by atoms with van der Waals surface area (Å²) in [5.74, 6) is -4.42. The quantitative estimate of drug-likeness (QED) is 0.120. The zero-order valence-electron chi connectivity index (χ0n) is 36.4. The monoisotopic (exact) mass is 935 g/mol. The largest absolute Gasteiger partial charge is 0.371 e. The molecule has 2 aromatic heterocycles. The van der Waals surface area contributed by atoms with E-state index in [4.69, 9.17) is 0 Å². The molecular weight excluding hydrogens is 888 g/mol. The highest BCUT2D eigenvalue weighted by atomic mass is 32.2. The molecule has 2 atom stereocenters. The van der Waals surface area contributed by atoms with E-state index in [1.54, 1.807) is 17.2 Å². The maximum Gasteiger partial charge on any atom is 0.301 e. The van der Waals surface area contributed by atoms with E-state index in [9.17, 15) is 32.0 Å². The Balaban J connectivity index is 0.726. The molecular formula is C48H48F3N9O6S. The van der Waals surface area contributed by atoms with Gasteiger partial charge in [0, 0.05) is 104 Å². The number of H-pyrrole nitrogens is 1. The van der Waals surface area contributed by atoms with Crippen LogP contribution in [0.2, 0.25) is 0 Å². The topological polar surface area (TPSA) is 171 Å². The van der Waals surface area contributed by atoms with Gasteiger partial charge in [0.05, 0.1) is 16.8 Å². The number of imide groups is 1. The molecule has 3 aromatic carbocycles. The number of ketones is 1. The van der Waals surface area contributed by atoms with Gasteiger partial charge in [0.25, 0.3) is 5.91 Å². The maximum atomic E-state index is 15.8. The Hall–Kier alpha value is -6.31. The van der Waals surface area contributed by atoms with Gasteiger partial charge in [-0.2, -0.15) is 12.7 Å². The molecule has 0 saturated carbocycles. The van der Waals surface area contributed by atoms with Crippen molar-refractivity contribution in [3.05, 3.63) is 107 Å². The first kappa shape index (κ1) is 43.3. The number of hydrogen-bond acceptors (Lipinski definition) is 10. The second kappa shape index (κ2) is 16.5. The molecule has 1 unspecified atom stereocenters. The lowest BCUT2D eigenvalue weighted by Crippen LogP contribution is -2.70. The summed E-state index contributed by atoms with van der Waals surface area (Å²) in [4.78, 5) is 67.8. The van der Waals surface area contributed by atoms with Gasteiger partial charge in [0.2, 0.25) is 17.6 Å². The minimum absolute atomic E-state index is 0.00285. The van der Waals surface area contributed by atoms with Crippen molar-refractivity contribution < 1.29 is 40.8 Å². The number of fused-ring (bicyclic) bond motifs is 2. The lowest BCUT2D eigenvalue weighted by Gasteiger charge is -2.57. The second-order valence-corrected chi connectivity index (χ2v) is 20.3. The minimum atomic E-state index is -4.36. The molecule has 15 nitrogen and oxygen atoms in total. The Labute approximate surface area is 384 Å². The fraction of sp³-hybridized carbons (Fsp3) is 0.396. The van der Waals surface area contributed by atoms with Crippen LogP contribution in [0.4, 0.5) is 30.2 Å². The molecule has 67 heavy (non-hydrogen) atoms. The highest BCUT2D eigenvalue weighted by molar-refractivity contribution is 7.90. The average molecular weight is 936 g/mol. The number of alkyl halides is 1. The van der Waals surface area contributed by atoms with Crippen molar-refractivity contribution in [2.24, 2.45) is 0 Å². The van der Waals surface area contributed by atoms with E-state index in [0.29, 0.717) is 41.2 Å². The van der Waals surface area contributed by atoms with Crippen LogP contribution in [0, 0.1) is 11.6 Å². The molecule has 1 spiro atoms. The third kappa shape index (κ3) is 7.60. The zero-order valence-corrected chi connectivity index (χ0v) is 37.3. The van der Waals surface area contributed by atoms with Crippen molar-refractivity contribution in [2.75, 3.05) is 60.3 Å². The van der Waals surface area contributed by atoms with Crippen LogP contribution < -0.4 is 19.8 Å². The molecule has 6 aliphatic rings. The van der Waals surface area contributed by atoms with Crippen LogP contribution in [0.5, 0.6) is 0 Å². The summed E-state index contributed by atoms with van der Waals surface area (Å²) < 4.78 is 73.3. The molecule has 348 valence electrons. The molecule has 11 rings (SSSR count). The number of amides is 3. The summed E-state index contributed by atoms with van der Waals surface area (Å²) in [6, 6.07) is 17.3. The van der Waals surface area contributed by atoms with Crippen LogP contribution >= 0.6 is 0 Å². The molecule has 5 aromatic rings. The molecule has 0 bridgehead atoms. The van der Waals surface area contributed by atoms with E-state index in [1.807, 2.05) is 29.0 Å². The number of rotatable bonds is 10.